The zero-order chi connectivity index (χ0) is 28.8. The summed E-state index contributed by atoms with van der Waals surface area (Å²) >= 11 is 5.85. The van der Waals surface area contributed by atoms with E-state index in [9.17, 15) is 9.65 Å². The molecule has 0 spiro atoms. The molecule has 0 atom stereocenters. The zero-order valence-electron chi connectivity index (χ0n) is 24.2. The highest BCUT2D eigenvalue weighted by Crippen LogP contribution is 2.26. The lowest BCUT2D eigenvalue weighted by Crippen LogP contribution is -2.46. The second-order valence-electron chi connectivity index (χ2n) is 8.79. The predicted molar refractivity (Wildman–Crippen MR) is 162 cm³/mol. The van der Waals surface area contributed by atoms with Crippen LogP contribution in [0.25, 0.3) is 11.4 Å². The Balaban J connectivity index is 0.00000127. The molecule has 3 aromatic rings. The molecule has 2 aromatic carbocycles. The summed E-state index contributed by atoms with van der Waals surface area (Å²) in [6, 6.07) is 14.9. The standard InChI is InChI=1S/C27H30ClFN6.2C2H6/c1-3-4-11-34-12-14-35(15-13-34)23-9-6-20(7-10-23)26-32-19(2)24(17-30)27(33-26)31-18-21-5-8-22(28)16-25(21)29;2*1-2/h5-10,16H,3-4,11-15,18H2,1-2H3,(H,31,32,33);2*1-2H3. The normalized spacial score (nSPS) is 12.9. The van der Waals surface area contributed by atoms with Gasteiger partial charge in [-0.3, -0.25) is 4.90 Å². The minimum absolute atomic E-state index is 0.177. The molecule has 1 aromatic heterocycles. The fourth-order valence-electron chi connectivity index (χ4n) is 4.24. The van der Waals surface area contributed by atoms with Crippen LogP contribution in [-0.4, -0.2) is 47.6 Å². The average molecular weight is 553 g/mol. The van der Waals surface area contributed by atoms with Gasteiger partial charge in [-0.2, -0.15) is 5.26 Å². The molecule has 39 heavy (non-hydrogen) atoms. The van der Waals surface area contributed by atoms with Gasteiger partial charge in [0.25, 0.3) is 0 Å². The molecule has 4 rings (SSSR count). The van der Waals surface area contributed by atoms with Gasteiger partial charge in [-0.05, 0) is 56.3 Å². The van der Waals surface area contributed by atoms with Gasteiger partial charge in [-0.15, -0.1) is 0 Å². The second kappa shape index (κ2) is 16.7. The molecule has 0 amide bonds. The van der Waals surface area contributed by atoms with E-state index in [-0.39, 0.29) is 6.54 Å². The van der Waals surface area contributed by atoms with E-state index in [4.69, 9.17) is 11.6 Å². The quantitative estimate of drug-likeness (QED) is 0.309. The van der Waals surface area contributed by atoms with Crippen molar-refractivity contribution in [2.75, 3.05) is 42.9 Å². The first-order valence-corrected chi connectivity index (χ1v) is 14.4. The summed E-state index contributed by atoms with van der Waals surface area (Å²) in [5, 5.41) is 13.1. The number of piperazine rings is 1. The van der Waals surface area contributed by atoms with Gasteiger partial charge in [0.1, 0.15) is 23.3 Å². The lowest BCUT2D eigenvalue weighted by molar-refractivity contribution is 0.254. The Hall–Kier alpha value is -3.21. The number of aromatic nitrogens is 2. The van der Waals surface area contributed by atoms with Gasteiger partial charge in [0.15, 0.2) is 5.82 Å². The van der Waals surface area contributed by atoms with Crippen LogP contribution in [0.2, 0.25) is 5.02 Å². The number of nitrogens with zero attached hydrogens (tertiary/aromatic N) is 5. The molecular weight excluding hydrogens is 511 g/mol. The highest BCUT2D eigenvalue weighted by atomic mass is 35.5. The Morgan fingerprint density at radius 1 is 1.00 bits per heavy atom. The van der Waals surface area contributed by atoms with E-state index in [1.165, 1.54) is 31.1 Å². The Morgan fingerprint density at radius 2 is 1.67 bits per heavy atom. The largest absolute Gasteiger partial charge is 0.369 e. The Bertz CT molecular complexity index is 1200. The van der Waals surface area contributed by atoms with Crippen molar-refractivity contribution >= 4 is 23.1 Å². The van der Waals surface area contributed by atoms with Crippen LogP contribution in [0.4, 0.5) is 15.9 Å². The number of anilines is 2. The summed E-state index contributed by atoms with van der Waals surface area (Å²) in [5.41, 5.74) is 3.41. The molecule has 6 nitrogen and oxygen atoms in total. The van der Waals surface area contributed by atoms with E-state index in [0.29, 0.717) is 33.5 Å². The van der Waals surface area contributed by atoms with Crippen LogP contribution >= 0.6 is 11.6 Å². The van der Waals surface area contributed by atoms with E-state index in [2.05, 4.69) is 50.2 Å². The van der Waals surface area contributed by atoms with Crippen molar-refractivity contribution in [3.8, 4) is 17.5 Å². The van der Waals surface area contributed by atoms with Gasteiger partial charge in [0.05, 0.1) is 5.69 Å². The van der Waals surface area contributed by atoms with Crippen LogP contribution in [0, 0.1) is 24.1 Å². The Morgan fingerprint density at radius 3 is 2.26 bits per heavy atom. The minimum Gasteiger partial charge on any atom is -0.369 e. The van der Waals surface area contributed by atoms with E-state index in [0.717, 1.165) is 31.7 Å². The second-order valence-corrected chi connectivity index (χ2v) is 9.22. The van der Waals surface area contributed by atoms with E-state index in [1.807, 2.05) is 39.8 Å². The first-order chi connectivity index (χ1) is 19.0. The fourth-order valence-corrected chi connectivity index (χ4v) is 4.40. The number of unbranched alkanes of at least 4 members (excludes halogenated alkanes) is 1. The summed E-state index contributed by atoms with van der Waals surface area (Å²) in [7, 11) is 0. The Kier molecular flexibility index (Phi) is 13.7. The smallest absolute Gasteiger partial charge is 0.161 e. The molecule has 1 saturated heterocycles. The first kappa shape index (κ1) is 32.0. The molecule has 8 heteroatoms. The van der Waals surface area contributed by atoms with E-state index < -0.39 is 5.82 Å². The van der Waals surface area contributed by atoms with E-state index >= 15 is 0 Å². The summed E-state index contributed by atoms with van der Waals surface area (Å²) in [6.07, 6.45) is 2.48. The Labute approximate surface area is 238 Å². The maximum Gasteiger partial charge on any atom is 0.161 e. The van der Waals surface area contributed by atoms with Gasteiger partial charge < -0.3 is 10.2 Å². The van der Waals surface area contributed by atoms with Crippen LogP contribution in [0.15, 0.2) is 42.5 Å². The van der Waals surface area contributed by atoms with Gasteiger partial charge in [0.2, 0.25) is 0 Å². The van der Waals surface area contributed by atoms with Gasteiger partial charge in [-0.25, -0.2) is 14.4 Å². The summed E-state index contributed by atoms with van der Waals surface area (Å²) in [6.45, 7) is 17.6. The number of nitrogens with one attached hydrogen (secondary N) is 1. The topological polar surface area (TPSA) is 68.1 Å². The van der Waals surface area contributed by atoms with Crippen molar-refractivity contribution in [3.63, 3.8) is 0 Å². The molecule has 0 unspecified atom stereocenters. The monoisotopic (exact) mass is 552 g/mol. The molecular formula is C31H42ClFN6. The third-order valence-electron chi connectivity index (χ3n) is 6.35. The number of halogens is 2. The van der Waals surface area contributed by atoms with Crippen LogP contribution in [0.1, 0.15) is 64.3 Å². The van der Waals surface area contributed by atoms with Crippen LogP contribution in [-0.2, 0) is 6.54 Å². The molecule has 2 heterocycles. The van der Waals surface area contributed by atoms with Crippen molar-refractivity contribution in [1.82, 2.24) is 14.9 Å². The molecule has 0 aliphatic carbocycles. The number of benzene rings is 2. The lowest BCUT2D eigenvalue weighted by Gasteiger charge is -2.36. The number of aryl methyl sites for hydroxylation is 1. The predicted octanol–water partition coefficient (Wildman–Crippen LogP) is 7.70. The van der Waals surface area contributed by atoms with Crippen molar-refractivity contribution in [2.24, 2.45) is 0 Å². The molecule has 210 valence electrons. The number of hydrogen-bond acceptors (Lipinski definition) is 6. The van der Waals surface area contributed by atoms with Crippen LogP contribution in [0.3, 0.4) is 0 Å². The number of nitriles is 1. The van der Waals surface area contributed by atoms with Gasteiger partial charge in [-0.1, -0.05) is 58.7 Å². The minimum atomic E-state index is -0.406. The SMILES string of the molecule is CC.CC.CCCCN1CCN(c2ccc(-c3nc(C)c(C#N)c(NCc4ccc(Cl)cc4F)n3)cc2)CC1. The number of hydrogen-bond donors (Lipinski definition) is 1. The maximum atomic E-state index is 14.2. The molecule has 0 saturated carbocycles. The third kappa shape index (κ3) is 8.91. The molecule has 1 aliphatic rings. The van der Waals surface area contributed by atoms with Crippen LogP contribution in [0.5, 0.6) is 0 Å². The average Bonchev–Trinajstić information content (AvgIpc) is 2.98. The zero-order valence-corrected chi connectivity index (χ0v) is 24.9. The summed E-state index contributed by atoms with van der Waals surface area (Å²) < 4.78 is 14.2. The van der Waals surface area contributed by atoms with Crippen molar-refractivity contribution in [1.29, 1.82) is 5.26 Å². The van der Waals surface area contributed by atoms with Gasteiger partial charge in [0, 0.05) is 54.6 Å². The summed E-state index contributed by atoms with van der Waals surface area (Å²) in [5.74, 6) is 0.504. The molecule has 1 N–H and O–H groups in total. The molecule has 1 fully saturated rings. The highest BCUT2D eigenvalue weighted by molar-refractivity contribution is 6.30. The van der Waals surface area contributed by atoms with Crippen LogP contribution < -0.4 is 10.2 Å². The van der Waals surface area contributed by atoms with Crippen molar-refractivity contribution < 1.29 is 4.39 Å². The van der Waals surface area contributed by atoms with Crippen molar-refractivity contribution in [3.05, 3.63) is 70.1 Å². The third-order valence-corrected chi connectivity index (χ3v) is 6.59. The molecule has 0 bridgehead atoms. The maximum absolute atomic E-state index is 14.2. The first-order valence-electron chi connectivity index (χ1n) is 14.0. The lowest BCUT2D eigenvalue weighted by atomic mass is 10.1. The summed E-state index contributed by atoms with van der Waals surface area (Å²) in [4.78, 5) is 14.1. The molecule has 1 aliphatic heterocycles. The fraction of sp³-hybridized carbons (Fsp3) is 0.452. The highest BCUT2D eigenvalue weighted by Gasteiger charge is 2.18. The molecule has 0 radical (unpaired) electrons. The van der Waals surface area contributed by atoms with Crippen molar-refractivity contribution in [2.45, 2.75) is 60.9 Å². The number of rotatable bonds is 8. The van der Waals surface area contributed by atoms with Gasteiger partial charge >= 0.3 is 0 Å². The van der Waals surface area contributed by atoms with E-state index in [1.54, 1.807) is 19.1 Å².